The third-order valence-corrected chi connectivity index (χ3v) is 9.48. The Kier molecular flexibility index (Phi) is 8.40. The van der Waals surface area contributed by atoms with E-state index >= 15 is 0 Å². The Balaban J connectivity index is 1.02. The molecule has 0 radical (unpaired) electrons. The first-order chi connectivity index (χ1) is 22.9. The van der Waals surface area contributed by atoms with Crippen molar-refractivity contribution in [1.82, 2.24) is 40.4 Å². The van der Waals surface area contributed by atoms with Gasteiger partial charge in [-0.15, -0.1) is 0 Å². The molecular weight excluding hydrogens is 594 g/mol. The maximum absolute atomic E-state index is 13.7. The largest absolute Gasteiger partial charge is 0.465 e. The molecule has 1 unspecified atom stereocenters. The zero-order chi connectivity index (χ0) is 32.5. The number of aromatic nitrogens is 4. The molecule has 0 aliphatic carbocycles. The van der Waals surface area contributed by atoms with Crippen molar-refractivity contribution >= 4 is 18.0 Å². The normalized spacial score (nSPS) is 20.0. The van der Waals surface area contributed by atoms with E-state index in [2.05, 4.69) is 93.0 Å². The van der Waals surface area contributed by atoms with E-state index in [1.165, 1.54) is 4.90 Å². The average molecular weight is 636 g/mol. The predicted octanol–water partition coefficient (Wildman–Crippen LogP) is 5.19. The van der Waals surface area contributed by atoms with Crippen LogP contribution in [0.4, 0.5) is 4.79 Å². The molecular formula is C35H41N9O3. The van der Waals surface area contributed by atoms with Crippen molar-refractivity contribution < 1.29 is 14.7 Å². The molecule has 2 amide bonds. The van der Waals surface area contributed by atoms with E-state index in [4.69, 9.17) is 4.98 Å². The van der Waals surface area contributed by atoms with E-state index < -0.39 is 6.09 Å². The number of H-pyrrole nitrogens is 2. The number of carbonyl (C=O) groups excluding carboxylic acids is 1. The van der Waals surface area contributed by atoms with Crippen LogP contribution in [0.5, 0.6) is 0 Å². The predicted molar refractivity (Wildman–Crippen MR) is 180 cm³/mol. The van der Waals surface area contributed by atoms with Gasteiger partial charge >= 0.3 is 6.09 Å². The van der Waals surface area contributed by atoms with Gasteiger partial charge in [-0.05, 0) is 53.9 Å². The van der Waals surface area contributed by atoms with Crippen molar-refractivity contribution in [3.05, 3.63) is 72.6 Å². The van der Waals surface area contributed by atoms with Crippen molar-refractivity contribution in [2.24, 2.45) is 10.9 Å². The van der Waals surface area contributed by atoms with Crippen molar-refractivity contribution in [2.45, 2.75) is 57.7 Å². The molecule has 2 aromatic heterocycles. The summed E-state index contributed by atoms with van der Waals surface area (Å²) in [5.74, 6) is 2.41. The Morgan fingerprint density at radius 2 is 1.32 bits per heavy atom. The summed E-state index contributed by atoms with van der Waals surface area (Å²) in [6, 6.07) is 16.0. The third-order valence-electron chi connectivity index (χ3n) is 9.48. The maximum atomic E-state index is 13.7. The topological polar surface area (TPSA) is 155 Å². The van der Waals surface area contributed by atoms with Crippen LogP contribution >= 0.6 is 0 Å². The number of carboxylic acid groups (broad SMARTS) is 1. The van der Waals surface area contributed by atoms with Crippen molar-refractivity contribution in [3.8, 4) is 33.6 Å². The minimum atomic E-state index is -0.905. The lowest BCUT2D eigenvalue weighted by Crippen LogP contribution is -2.53. The lowest BCUT2D eigenvalue weighted by molar-refractivity contribution is -0.135. The smallest absolute Gasteiger partial charge is 0.407 e. The van der Waals surface area contributed by atoms with Gasteiger partial charge in [0.05, 0.1) is 42.4 Å². The summed E-state index contributed by atoms with van der Waals surface area (Å²) in [5, 5.41) is 16.0. The van der Waals surface area contributed by atoms with Gasteiger partial charge in [0, 0.05) is 19.6 Å². The number of imidazole rings is 2. The van der Waals surface area contributed by atoms with Crippen LogP contribution in [0.25, 0.3) is 33.6 Å². The number of nitrogens with one attached hydrogen (secondary N) is 4. The fourth-order valence-corrected chi connectivity index (χ4v) is 6.92. The number of aromatic amines is 2. The summed E-state index contributed by atoms with van der Waals surface area (Å²) < 4.78 is 0. The first kappa shape index (κ1) is 30.5. The van der Waals surface area contributed by atoms with Crippen molar-refractivity contribution in [1.29, 1.82) is 0 Å². The Labute approximate surface area is 273 Å². The highest BCUT2D eigenvalue weighted by molar-refractivity contribution is 5.90. The molecule has 0 bridgehead atoms. The molecule has 0 spiro atoms. The fourth-order valence-electron chi connectivity index (χ4n) is 6.92. The SMILES string of the molecule is CC(C)[C@@H](NC1=NCCN1)C(=O)N1CCC[C@H]1c1ncc(-c2ccc(-c3ccc(-c4cnc(C5CCCN5C(=O)O)[nH]4)cc3)cc2)[nH]1. The van der Waals surface area contributed by atoms with E-state index in [1.807, 2.05) is 11.1 Å². The first-order valence-corrected chi connectivity index (χ1v) is 16.5. The summed E-state index contributed by atoms with van der Waals surface area (Å²) in [5.41, 5.74) is 5.99. The highest BCUT2D eigenvalue weighted by atomic mass is 16.4. The molecule has 2 saturated heterocycles. The van der Waals surface area contributed by atoms with Gasteiger partial charge in [0.15, 0.2) is 5.96 Å². The van der Waals surface area contributed by atoms with Crippen LogP contribution in [0, 0.1) is 5.92 Å². The molecule has 3 aliphatic rings. The molecule has 12 heteroatoms. The van der Waals surface area contributed by atoms with Gasteiger partial charge in [0.2, 0.25) is 5.91 Å². The summed E-state index contributed by atoms with van der Waals surface area (Å²) in [6.07, 6.45) is 6.16. The lowest BCUT2D eigenvalue weighted by Gasteiger charge is -2.30. The Morgan fingerprint density at radius 1 is 0.809 bits per heavy atom. The number of guanidine groups is 1. The second-order valence-corrected chi connectivity index (χ2v) is 12.9. The number of aliphatic imine (C=N–C) groups is 1. The van der Waals surface area contributed by atoms with Crippen LogP contribution < -0.4 is 10.6 Å². The Bertz CT molecular complexity index is 1760. The van der Waals surface area contributed by atoms with Crippen molar-refractivity contribution in [3.63, 3.8) is 0 Å². The van der Waals surface area contributed by atoms with Crippen LogP contribution in [-0.4, -0.2) is 85.0 Å². The molecule has 5 N–H and O–H groups in total. The summed E-state index contributed by atoms with van der Waals surface area (Å²) in [7, 11) is 0. The molecule has 5 heterocycles. The number of nitrogens with zero attached hydrogens (tertiary/aromatic N) is 5. The van der Waals surface area contributed by atoms with Gasteiger partial charge in [0.25, 0.3) is 0 Å². The molecule has 4 aromatic rings. The summed E-state index contributed by atoms with van der Waals surface area (Å²) in [4.78, 5) is 49.2. The molecule has 2 aromatic carbocycles. The van der Waals surface area contributed by atoms with Crippen LogP contribution in [-0.2, 0) is 4.79 Å². The number of hydrogen-bond donors (Lipinski definition) is 5. The zero-order valence-corrected chi connectivity index (χ0v) is 26.7. The minimum Gasteiger partial charge on any atom is -0.465 e. The van der Waals surface area contributed by atoms with E-state index in [-0.39, 0.29) is 30.0 Å². The number of carbonyl (C=O) groups is 2. The van der Waals surface area contributed by atoms with Gasteiger partial charge in [-0.3, -0.25) is 14.7 Å². The van der Waals surface area contributed by atoms with E-state index in [0.717, 1.165) is 78.2 Å². The number of rotatable bonds is 8. The number of amides is 2. The second-order valence-electron chi connectivity index (χ2n) is 12.9. The first-order valence-electron chi connectivity index (χ1n) is 16.5. The van der Waals surface area contributed by atoms with E-state index in [0.29, 0.717) is 24.9 Å². The molecule has 3 atom stereocenters. The zero-order valence-electron chi connectivity index (χ0n) is 26.7. The average Bonchev–Trinajstić information content (AvgIpc) is 3.92. The fraction of sp³-hybridized carbons (Fsp3) is 0.400. The number of benzene rings is 2. The number of hydrogen-bond acceptors (Lipinski definition) is 7. The van der Waals surface area contributed by atoms with E-state index in [1.54, 1.807) is 6.20 Å². The Morgan fingerprint density at radius 3 is 1.81 bits per heavy atom. The monoisotopic (exact) mass is 635 g/mol. The van der Waals surface area contributed by atoms with Gasteiger partial charge in [-0.2, -0.15) is 0 Å². The third kappa shape index (κ3) is 6.19. The maximum Gasteiger partial charge on any atom is 0.407 e. The molecule has 47 heavy (non-hydrogen) atoms. The molecule has 244 valence electrons. The lowest BCUT2D eigenvalue weighted by atomic mass is 10.0. The Hall–Kier alpha value is -5.13. The van der Waals surface area contributed by atoms with Crippen molar-refractivity contribution in [2.75, 3.05) is 26.2 Å². The molecule has 3 aliphatic heterocycles. The van der Waals surface area contributed by atoms with Crippen LogP contribution in [0.2, 0.25) is 0 Å². The van der Waals surface area contributed by atoms with Crippen LogP contribution in [0.15, 0.2) is 65.9 Å². The summed E-state index contributed by atoms with van der Waals surface area (Å²) >= 11 is 0. The van der Waals surface area contributed by atoms with Crippen LogP contribution in [0.3, 0.4) is 0 Å². The van der Waals surface area contributed by atoms with Gasteiger partial charge in [0.1, 0.15) is 17.7 Å². The molecule has 12 nitrogen and oxygen atoms in total. The van der Waals surface area contributed by atoms with Gasteiger partial charge < -0.3 is 30.6 Å². The highest BCUT2D eigenvalue weighted by Crippen LogP contribution is 2.34. The summed E-state index contributed by atoms with van der Waals surface area (Å²) in [6.45, 7) is 6.88. The van der Waals surface area contributed by atoms with Crippen LogP contribution in [0.1, 0.15) is 63.3 Å². The highest BCUT2D eigenvalue weighted by Gasteiger charge is 2.37. The minimum absolute atomic E-state index is 0.0823. The number of likely N-dealkylation sites (tertiary alicyclic amines) is 2. The molecule has 7 rings (SSSR count). The molecule has 2 fully saturated rings. The second kappa shape index (κ2) is 12.9. The molecule has 0 saturated carbocycles. The quantitative estimate of drug-likeness (QED) is 0.179. The van der Waals surface area contributed by atoms with E-state index in [9.17, 15) is 14.7 Å². The van der Waals surface area contributed by atoms with Gasteiger partial charge in [-0.25, -0.2) is 14.8 Å². The standard InChI is InChI=1S/C35H41N9O3/c1-21(2)30(42-34-36-15-16-37-34)33(45)43-17-3-5-28(43)31-38-19-26(40-31)24-11-7-22(8-12-24)23-9-13-25(14-10-23)27-20-39-32(41-27)29-6-4-18-44(29)35(46)47/h7-14,19-21,28-30H,3-6,15-18H2,1-2H3,(H,38,40)(H,39,41)(H,46,47)(H2,36,37,42)/t28-,29?,30+/m0/s1. The van der Waals surface area contributed by atoms with Gasteiger partial charge in [-0.1, -0.05) is 62.4 Å².